The lowest BCUT2D eigenvalue weighted by Crippen LogP contribution is -2.24. The van der Waals surface area contributed by atoms with Crippen molar-refractivity contribution in [3.63, 3.8) is 0 Å². The molecule has 14 heavy (non-hydrogen) atoms. The van der Waals surface area contributed by atoms with Crippen LogP contribution in [0.15, 0.2) is 24.3 Å². The number of benzene rings is 1. The number of nitrogens with two attached hydrogens (primary N) is 1. The number of ether oxygens (including phenoxy) is 1. The first-order valence-corrected chi connectivity index (χ1v) is 4.64. The van der Waals surface area contributed by atoms with Crippen molar-refractivity contribution in [1.82, 2.24) is 0 Å². The predicted molar refractivity (Wildman–Crippen MR) is 54.7 cm³/mol. The van der Waals surface area contributed by atoms with Crippen molar-refractivity contribution in [2.24, 2.45) is 5.73 Å². The number of carbonyl (C=O) groups is 1. The van der Waals surface area contributed by atoms with Crippen molar-refractivity contribution in [3.8, 4) is 0 Å². The number of hydrogen-bond donors (Lipinski definition) is 1. The van der Waals surface area contributed by atoms with Gasteiger partial charge in [-0.3, -0.25) is 0 Å². The van der Waals surface area contributed by atoms with E-state index in [4.69, 9.17) is 10.5 Å². The van der Waals surface area contributed by atoms with Gasteiger partial charge < -0.3 is 10.5 Å². The summed E-state index contributed by atoms with van der Waals surface area (Å²) >= 11 is 0. The number of hydrogen-bond acceptors (Lipinski definition) is 3. The van der Waals surface area contributed by atoms with Crippen LogP contribution in [0.3, 0.4) is 0 Å². The van der Waals surface area contributed by atoms with Crippen molar-refractivity contribution in [3.05, 3.63) is 35.4 Å². The maximum Gasteiger partial charge on any atom is 0.327 e. The van der Waals surface area contributed by atoms with E-state index in [9.17, 15) is 4.79 Å². The first-order valence-electron chi connectivity index (χ1n) is 4.64. The number of aryl methyl sites for hydroxylation is 1. The first-order chi connectivity index (χ1) is 6.66. The maximum absolute atomic E-state index is 11.3. The second kappa shape index (κ2) is 4.77. The Bertz CT molecular complexity index is 323. The second-order valence-electron chi connectivity index (χ2n) is 3.09. The van der Waals surface area contributed by atoms with Crippen LogP contribution >= 0.6 is 0 Å². The zero-order valence-electron chi connectivity index (χ0n) is 8.49. The van der Waals surface area contributed by atoms with Crippen molar-refractivity contribution in [2.45, 2.75) is 19.9 Å². The fourth-order valence-corrected chi connectivity index (χ4v) is 1.29. The molecule has 0 aliphatic rings. The summed E-state index contributed by atoms with van der Waals surface area (Å²) in [6.45, 7) is 4.05. The van der Waals surface area contributed by atoms with Gasteiger partial charge in [0, 0.05) is 0 Å². The minimum Gasteiger partial charge on any atom is -0.465 e. The molecule has 1 aromatic rings. The van der Waals surface area contributed by atoms with E-state index in [1.807, 2.05) is 31.2 Å². The molecule has 0 radical (unpaired) electrons. The van der Waals surface area contributed by atoms with Gasteiger partial charge in [0.1, 0.15) is 6.04 Å². The molecule has 0 heterocycles. The molecule has 1 unspecified atom stereocenters. The molecule has 0 spiro atoms. The zero-order chi connectivity index (χ0) is 10.6. The highest BCUT2D eigenvalue weighted by Gasteiger charge is 2.17. The lowest BCUT2D eigenvalue weighted by atomic mass is 10.0. The van der Waals surface area contributed by atoms with Gasteiger partial charge in [0.25, 0.3) is 0 Å². The van der Waals surface area contributed by atoms with Crippen molar-refractivity contribution >= 4 is 5.97 Å². The zero-order valence-corrected chi connectivity index (χ0v) is 8.49. The quantitative estimate of drug-likeness (QED) is 0.741. The molecule has 0 amide bonds. The summed E-state index contributed by atoms with van der Waals surface area (Å²) in [5, 5.41) is 0. The molecule has 0 bridgehead atoms. The lowest BCUT2D eigenvalue weighted by molar-refractivity contribution is -0.144. The highest BCUT2D eigenvalue weighted by atomic mass is 16.5. The molecule has 0 saturated carbocycles. The fraction of sp³-hybridized carbons (Fsp3) is 0.364. The van der Waals surface area contributed by atoms with Crippen LogP contribution < -0.4 is 5.73 Å². The summed E-state index contributed by atoms with van der Waals surface area (Å²) < 4.78 is 4.85. The summed E-state index contributed by atoms with van der Waals surface area (Å²) in [4.78, 5) is 11.3. The summed E-state index contributed by atoms with van der Waals surface area (Å²) in [7, 11) is 0. The van der Waals surface area contributed by atoms with E-state index in [2.05, 4.69) is 0 Å². The minimum atomic E-state index is -0.670. The Morgan fingerprint density at radius 3 is 2.71 bits per heavy atom. The Hall–Kier alpha value is -1.35. The van der Waals surface area contributed by atoms with Crippen LogP contribution in [0.1, 0.15) is 24.1 Å². The Kier molecular flexibility index (Phi) is 3.65. The lowest BCUT2D eigenvalue weighted by Gasteiger charge is -2.12. The normalized spacial score (nSPS) is 12.2. The average molecular weight is 193 g/mol. The van der Waals surface area contributed by atoms with Crippen LogP contribution in [0, 0.1) is 6.92 Å². The van der Waals surface area contributed by atoms with E-state index in [0.29, 0.717) is 6.61 Å². The highest BCUT2D eigenvalue weighted by molar-refractivity contribution is 5.77. The van der Waals surface area contributed by atoms with Crippen molar-refractivity contribution in [2.75, 3.05) is 6.61 Å². The molecular weight excluding hydrogens is 178 g/mol. The van der Waals surface area contributed by atoms with Gasteiger partial charge in [-0.15, -0.1) is 0 Å². The van der Waals surface area contributed by atoms with E-state index in [0.717, 1.165) is 11.1 Å². The van der Waals surface area contributed by atoms with Crippen LogP contribution in [0.25, 0.3) is 0 Å². The molecule has 0 aliphatic carbocycles. The predicted octanol–water partition coefficient (Wildman–Crippen LogP) is 1.56. The average Bonchev–Trinajstić information content (AvgIpc) is 2.18. The summed E-state index contributed by atoms with van der Waals surface area (Å²) in [6, 6.07) is 6.87. The third-order valence-corrected chi connectivity index (χ3v) is 2.06. The molecule has 2 N–H and O–H groups in total. The molecule has 1 atom stereocenters. The van der Waals surface area contributed by atoms with Gasteiger partial charge in [0.15, 0.2) is 0 Å². The summed E-state index contributed by atoms with van der Waals surface area (Å²) in [5.74, 6) is -0.373. The molecule has 0 fully saturated rings. The van der Waals surface area contributed by atoms with Crippen LogP contribution in [-0.2, 0) is 9.53 Å². The molecular formula is C11H15NO2. The van der Waals surface area contributed by atoms with E-state index in [-0.39, 0.29) is 5.97 Å². The third kappa shape index (κ3) is 2.33. The fourth-order valence-electron chi connectivity index (χ4n) is 1.29. The topological polar surface area (TPSA) is 52.3 Å². The third-order valence-electron chi connectivity index (χ3n) is 2.06. The number of rotatable bonds is 3. The Morgan fingerprint density at radius 2 is 2.14 bits per heavy atom. The molecule has 0 aromatic heterocycles. The highest BCUT2D eigenvalue weighted by Crippen LogP contribution is 2.16. The summed E-state index contributed by atoms with van der Waals surface area (Å²) in [6.07, 6.45) is 0. The molecule has 3 heteroatoms. The van der Waals surface area contributed by atoms with Gasteiger partial charge in [-0.1, -0.05) is 24.3 Å². The maximum atomic E-state index is 11.3. The largest absolute Gasteiger partial charge is 0.465 e. The van der Waals surface area contributed by atoms with Gasteiger partial charge in [0.05, 0.1) is 6.61 Å². The molecule has 76 valence electrons. The molecule has 1 rings (SSSR count). The monoisotopic (exact) mass is 193 g/mol. The Balaban J connectivity index is 2.84. The Labute approximate surface area is 83.9 Å². The Morgan fingerprint density at radius 1 is 1.50 bits per heavy atom. The standard InChI is InChI=1S/C11H15NO2/c1-3-14-11(13)10(12)9-7-5-4-6-8(9)2/h4-7,10H,3,12H2,1-2H3. The molecule has 3 nitrogen and oxygen atoms in total. The molecule has 0 aliphatic heterocycles. The minimum absolute atomic E-state index is 0.360. The van der Waals surface area contributed by atoms with Gasteiger partial charge >= 0.3 is 5.97 Å². The van der Waals surface area contributed by atoms with Gasteiger partial charge in [-0.2, -0.15) is 0 Å². The van der Waals surface area contributed by atoms with E-state index in [1.54, 1.807) is 6.92 Å². The molecule has 0 saturated heterocycles. The first kappa shape index (κ1) is 10.7. The number of esters is 1. The van der Waals surface area contributed by atoms with Crippen LogP contribution in [0.2, 0.25) is 0 Å². The number of carbonyl (C=O) groups excluding carboxylic acids is 1. The van der Waals surface area contributed by atoms with Crippen molar-refractivity contribution < 1.29 is 9.53 Å². The summed E-state index contributed by atoms with van der Waals surface area (Å²) in [5.41, 5.74) is 7.58. The second-order valence-corrected chi connectivity index (χ2v) is 3.09. The van der Waals surface area contributed by atoms with Gasteiger partial charge in [-0.05, 0) is 25.0 Å². The van der Waals surface area contributed by atoms with Crippen LogP contribution in [-0.4, -0.2) is 12.6 Å². The van der Waals surface area contributed by atoms with E-state index >= 15 is 0 Å². The van der Waals surface area contributed by atoms with Gasteiger partial charge in [-0.25, -0.2) is 4.79 Å². The van der Waals surface area contributed by atoms with Gasteiger partial charge in [0.2, 0.25) is 0 Å². The van der Waals surface area contributed by atoms with Crippen molar-refractivity contribution in [1.29, 1.82) is 0 Å². The SMILES string of the molecule is CCOC(=O)C(N)c1ccccc1C. The molecule has 1 aromatic carbocycles. The van der Waals surface area contributed by atoms with E-state index in [1.165, 1.54) is 0 Å². The van der Waals surface area contributed by atoms with E-state index < -0.39 is 6.04 Å². The smallest absolute Gasteiger partial charge is 0.327 e. The van der Waals surface area contributed by atoms with Crippen LogP contribution in [0.5, 0.6) is 0 Å². The van der Waals surface area contributed by atoms with Crippen LogP contribution in [0.4, 0.5) is 0 Å².